The fraction of sp³-hybridized carbons (Fsp3) is 0.762. The molecule has 6 heteroatoms. The van der Waals surface area contributed by atoms with Gasteiger partial charge in [0.05, 0.1) is 6.61 Å². The summed E-state index contributed by atoms with van der Waals surface area (Å²) < 4.78 is 5.74. The number of amides is 1. The highest BCUT2D eigenvalue weighted by atomic mass is 16.5. The van der Waals surface area contributed by atoms with E-state index >= 15 is 0 Å². The van der Waals surface area contributed by atoms with Gasteiger partial charge in [0.15, 0.2) is 0 Å². The second kappa shape index (κ2) is 9.60. The molecular weight excluding hydrogens is 340 g/mol. The van der Waals surface area contributed by atoms with Crippen molar-refractivity contribution < 1.29 is 9.53 Å². The summed E-state index contributed by atoms with van der Waals surface area (Å²) in [6, 6.07) is 0. The Morgan fingerprint density at radius 3 is 2.63 bits per heavy atom. The summed E-state index contributed by atoms with van der Waals surface area (Å²) in [7, 11) is 1.86. The molecule has 6 nitrogen and oxygen atoms in total. The van der Waals surface area contributed by atoms with Crippen molar-refractivity contribution in [3.8, 4) is 0 Å². The lowest BCUT2D eigenvalue weighted by Crippen LogP contribution is -2.50. The van der Waals surface area contributed by atoms with E-state index in [4.69, 9.17) is 4.74 Å². The van der Waals surface area contributed by atoms with Crippen LogP contribution >= 0.6 is 0 Å². The van der Waals surface area contributed by atoms with Crippen LogP contribution in [0.1, 0.15) is 63.3 Å². The van der Waals surface area contributed by atoms with Crippen LogP contribution in [0.25, 0.3) is 0 Å². The molecule has 0 bridgehead atoms. The number of carbonyl (C=O) groups excluding carboxylic acids is 1. The van der Waals surface area contributed by atoms with Crippen molar-refractivity contribution in [3.63, 3.8) is 0 Å². The van der Waals surface area contributed by atoms with E-state index in [9.17, 15) is 4.79 Å². The third-order valence-corrected chi connectivity index (χ3v) is 5.54. The number of hydrogen-bond donors (Lipinski definition) is 0. The van der Waals surface area contributed by atoms with Gasteiger partial charge in [-0.05, 0) is 18.8 Å². The second-order valence-electron chi connectivity index (χ2n) is 8.49. The Balaban J connectivity index is 1.53. The number of morpholine rings is 1. The van der Waals surface area contributed by atoms with E-state index in [1.807, 2.05) is 19.4 Å². The Kier molecular flexibility index (Phi) is 7.19. The first-order valence-corrected chi connectivity index (χ1v) is 10.4. The van der Waals surface area contributed by atoms with Crippen molar-refractivity contribution in [2.24, 2.45) is 5.92 Å². The minimum atomic E-state index is -0.370. The fourth-order valence-corrected chi connectivity index (χ4v) is 4.16. The zero-order valence-corrected chi connectivity index (χ0v) is 17.1. The minimum absolute atomic E-state index is 0.0808. The molecule has 1 aliphatic carbocycles. The molecule has 0 aromatic carbocycles. The highest BCUT2D eigenvalue weighted by molar-refractivity contribution is 5.81. The molecule has 1 amide bonds. The minimum Gasteiger partial charge on any atom is -0.366 e. The lowest BCUT2D eigenvalue weighted by atomic mass is 9.89. The molecule has 2 aliphatic rings. The first kappa shape index (κ1) is 20.2. The largest absolute Gasteiger partial charge is 0.366 e. The zero-order valence-electron chi connectivity index (χ0n) is 17.1. The first-order chi connectivity index (χ1) is 13.0. The summed E-state index contributed by atoms with van der Waals surface area (Å²) in [5.74, 6) is 2.08. The third kappa shape index (κ3) is 5.72. The lowest BCUT2D eigenvalue weighted by Gasteiger charge is -2.34. The molecule has 1 atom stereocenters. The van der Waals surface area contributed by atoms with Crippen LogP contribution in [0, 0.1) is 5.92 Å². The molecule has 0 N–H and O–H groups in total. The smallest absolute Gasteiger partial charge is 0.252 e. The SMILES string of the molecule is CC(C)CN(C)C(=O)C1CN(Cc2cnc(C3CCCCC3)nc2)CCO1. The third-order valence-electron chi connectivity index (χ3n) is 5.54. The molecule has 3 rings (SSSR count). The van der Waals surface area contributed by atoms with E-state index in [1.54, 1.807) is 4.90 Å². The second-order valence-corrected chi connectivity index (χ2v) is 8.49. The van der Waals surface area contributed by atoms with E-state index in [0.29, 0.717) is 25.0 Å². The van der Waals surface area contributed by atoms with Crippen molar-refractivity contribution in [3.05, 3.63) is 23.8 Å². The van der Waals surface area contributed by atoms with Gasteiger partial charge in [0.2, 0.25) is 0 Å². The quantitative estimate of drug-likeness (QED) is 0.766. The molecule has 1 unspecified atom stereocenters. The van der Waals surface area contributed by atoms with Crippen LogP contribution in [0.3, 0.4) is 0 Å². The molecule has 2 fully saturated rings. The number of carbonyl (C=O) groups is 1. The predicted octanol–water partition coefficient (Wildman–Crippen LogP) is 2.84. The Morgan fingerprint density at radius 1 is 1.26 bits per heavy atom. The summed E-state index contributed by atoms with van der Waals surface area (Å²) in [5, 5.41) is 0. The average molecular weight is 375 g/mol. The molecule has 150 valence electrons. The summed E-state index contributed by atoms with van der Waals surface area (Å²) in [5.41, 5.74) is 1.11. The summed E-state index contributed by atoms with van der Waals surface area (Å²) in [4.78, 5) is 25.9. The molecule has 27 heavy (non-hydrogen) atoms. The van der Waals surface area contributed by atoms with Gasteiger partial charge in [-0.25, -0.2) is 9.97 Å². The van der Waals surface area contributed by atoms with Gasteiger partial charge in [0, 0.05) is 57.1 Å². The number of hydrogen-bond acceptors (Lipinski definition) is 5. The number of likely N-dealkylation sites (N-methyl/N-ethyl adjacent to an activating group) is 1. The van der Waals surface area contributed by atoms with Crippen molar-refractivity contribution in [2.75, 3.05) is 33.3 Å². The first-order valence-electron chi connectivity index (χ1n) is 10.4. The van der Waals surface area contributed by atoms with Gasteiger partial charge in [-0.2, -0.15) is 0 Å². The van der Waals surface area contributed by atoms with Crippen molar-refractivity contribution in [1.29, 1.82) is 0 Å². The molecule has 0 spiro atoms. The predicted molar refractivity (Wildman–Crippen MR) is 105 cm³/mol. The van der Waals surface area contributed by atoms with Crippen LogP contribution in [0.4, 0.5) is 0 Å². The van der Waals surface area contributed by atoms with Crippen LogP contribution in [0.2, 0.25) is 0 Å². The molecule has 1 aromatic heterocycles. The van der Waals surface area contributed by atoms with Gasteiger partial charge in [-0.3, -0.25) is 9.69 Å². The Labute approximate surface area is 163 Å². The maximum Gasteiger partial charge on any atom is 0.252 e. The summed E-state index contributed by atoms with van der Waals surface area (Å²) in [6.07, 6.45) is 9.94. The maximum atomic E-state index is 12.6. The van der Waals surface area contributed by atoms with E-state index in [0.717, 1.165) is 31.0 Å². The van der Waals surface area contributed by atoms with Gasteiger partial charge in [0.25, 0.3) is 5.91 Å². The highest BCUT2D eigenvalue weighted by Crippen LogP contribution is 2.30. The van der Waals surface area contributed by atoms with Crippen LogP contribution in [0.5, 0.6) is 0 Å². The van der Waals surface area contributed by atoms with E-state index < -0.39 is 0 Å². The summed E-state index contributed by atoms with van der Waals surface area (Å²) >= 11 is 0. The van der Waals surface area contributed by atoms with Gasteiger partial charge in [0.1, 0.15) is 11.9 Å². The van der Waals surface area contributed by atoms with E-state index in [-0.39, 0.29) is 12.0 Å². The molecule has 1 aliphatic heterocycles. The Morgan fingerprint density at radius 2 is 1.96 bits per heavy atom. The maximum absolute atomic E-state index is 12.6. The fourth-order valence-electron chi connectivity index (χ4n) is 4.16. The molecule has 1 aromatic rings. The van der Waals surface area contributed by atoms with Crippen LogP contribution < -0.4 is 0 Å². The monoisotopic (exact) mass is 374 g/mol. The molecule has 0 radical (unpaired) electrons. The standard InChI is InChI=1S/C21H34N4O2/c1-16(2)13-24(3)21(26)19-15-25(9-10-27-19)14-17-11-22-20(23-12-17)18-7-5-4-6-8-18/h11-12,16,18-19H,4-10,13-15H2,1-3H3. The van der Waals surface area contributed by atoms with Crippen molar-refractivity contribution in [2.45, 2.75) is 64.5 Å². The summed E-state index contributed by atoms with van der Waals surface area (Å²) in [6.45, 7) is 7.82. The van der Waals surface area contributed by atoms with Gasteiger partial charge in [-0.1, -0.05) is 33.1 Å². The van der Waals surface area contributed by atoms with Crippen LogP contribution in [-0.4, -0.2) is 65.1 Å². The van der Waals surface area contributed by atoms with Crippen molar-refractivity contribution >= 4 is 5.91 Å². The highest BCUT2D eigenvalue weighted by Gasteiger charge is 2.29. The van der Waals surface area contributed by atoms with Crippen LogP contribution in [0.15, 0.2) is 12.4 Å². The average Bonchev–Trinajstić information content (AvgIpc) is 2.68. The number of nitrogens with zero attached hydrogens (tertiary/aromatic N) is 4. The molecular formula is C21H34N4O2. The number of rotatable bonds is 6. The molecule has 1 saturated heterocycles. The lowest BCUT2D eigenvalue weighted by molar-refractivity contribution is -0.148. The zero-order chi connectivity index (χ0) is 19.2. The van der Waals surface area contributed by atoms with E-state index in [2.05, 4.69) is 28.7 Å². The van der Waals surface area contributed by atoms with Gasteiger partial charge < -0.3 is 9.64 Å². The van der Waals surface area contributed by atoms with Crippen LogP contribution in [-0.2, 0) is 16.1 Å². The van der Waals surface area contributed by atoms with Crippen molar-refractivity contribution in [1.82, 2.24) is 19.8 Å². The van der Waals surface area contributed by atoms with Gasteiger partial charge >= 0.3 is 0 Å². The molecule has 1 saturated carbocycles. The Hall–Kier alpha value is -1.53. The number of ether oxygens (including phenoxy) is 1. The number of aromatic nitrogens is 2. The Bertz CT molecular complexity index is 599. The van der Waals surface area contributed by atoms with Gasteiger partial charge in [-0.15, -0.1) is 0 Å². The van der Waals surface area contributed by atoms with E-state index in [1.165, 1.54) is 32.1 Å². The topological polar surface area (TPSA) is 58.6 Å². The molecule has 2 heterocycles. The normalized spacial score (nSPS) is 22.1.